The van der Waals surface area contributed by atoms with Crippen molar-refractivity contribution in [1.82, 2.24) is 0 Å². The standard InChI is InChI=1S/C16H14BrCl2NO2/c1-2-10-3-6-15(12(17)7-10)22-9-16(21)20-14-5-4-11(18)8-13(14)19/h3-8H,2,9H2,1H3,(H,20,21). The van der Waals surface area contributed by atoms with Crippen molar-refractivity contribution >= 4 is 50.7 Å². The summed E-state index contributed by atoms with van der Waals surface area (Å²) in [5.41, 5.74) is 1.69. The largest absolute Gasteiger partial charge is 0.483 e. The number of hydrogen-bond acceptors (Lipinski definition) is 2. The lowest BCUT2D eigenvalue weighted by molar-refractivity contribution is -0.118. The Hall–Kier alpha value is -1.23. The average Bonchev–Trinajstić information content (AvgIpc) is 2.48. The number of ether oxygens (including phenoxy) is 1. The van der Waals surface area contributed by atoms with Crippen LogP contribution in [0.1, 0.15) is 12.5 Å². The van der Waals surface area contributed by atoms with Gasteiger partial charge in [-0.25, -0.2) is 0 Å². The van der Waals surface area contributed by atoms with Crippen molar-refractivity contribution in [2.45, 2.75) is 13.3 Å². The van der Waals surface area contributed by atoms with Crippen molar-refractivity contribution < 1.29 is 9.53 Å². The van der Waals surface area contributed by atoms with Gasteiger partial charge in [0.2, 0.25) is 0 Å². The number of carbonyl (C=O) groups is 1. The van der Waals surface area contributed by atoms with Crippen molar-refractivity contribution in [3.8, 4) is 5.75 Å². The van der Waals surface area contributed by atoms with Gasteiger partial charge in [-0.3, -0.25) is 4.79 Å². The maximum absolute atomic E-state index is 11.9. The quantitative estimate of drug-likeness (QED) is 0.733. The fourth-order valence-electron chi connectivity index (χ4n) is 1.80. The van der Waals surface area contributed by atoms with E-state index in [1.807, 2.05) is 18.2 Å². The van der Waals surface area contributed by atoms with Crippen LogP contribution in [0.15, 0.2) is 40.9 Å². The molecule has 0 saturated carbocycles. The van der Waals surface area contributed by atoms with E-state index in [2.05, 4.69) is 28.2 Å². The molecule has 0 radical (unpaired) electrons. The monoisotopic (exact) mass is 401 g/mol. The molecule has 1 N–H and O–H groups in total. The van der Waals surface area contributed by atoms with Crippen LogP contribution in [0.5, 0.6) is 5.75 Å². The molecule has 0 spiro atoms. The molecule has 6 heteroatoms. The Morgan fingerprint density at radius 3 is 2.64 bits per heavy atom. The van der Waals surface area contributed by atoms with Crippen LogP contribution < -0.4 is 10.1 Å². The van der Waals surface area contributed by atoms with Crippen LogP contribution in [-0.4, -0.2) is 12.5 Å². The Labute approximate surface area is 147 Å². The van der Waals surface area contributed by atoms with E-state index in [0.29, 0.717) is 21.5 Å². The zero-order chi connectivity index (χ0) is 16.1. The molecule has 0 aliphatic carbocycles. The first kappa shape index (κ1) is 17.1. The Balaban J connectivity index is 1.95. The maximum atomic E-state index is 11.9. The van der Waals surface area contributed by atoms with Crippen molar-refractivity contribution in [1.29, 1.82) is 0 Å². The average molecular weight is 403 g/mol. The third-order valence-electron chi connectivity index (χ3n) is 2.97. The highest BCUT2D eigenvalue weighted by atomic mass is 79.9. The third-order valence-corrected chi connectivity index (χ3v) is 4.14. The molecular weight excluding hydrogens is 389 g/mol. The van der Waals surface area contributed by atoms with Crippen LogP contribution >= 0.6 is 39.1 Å². The molecule has 0 unspecified atom stereocenters. The van der Waals surface area contributed by atoms with E-state index >= 15 is 0 Å². The highest BCUT2D eigenvalue weighted by molar-refractivity contribution is 9.10. The first-order chi connectivity index (χ1) is 10.5. The van der Waals surface area contributed by atoms with Crippen LogP contribution in [0.25, 0.3) is 0 Å². The predicted octanol–water partition coefficient (Wildman–Crippen LogP) is 5.34. The molecule has 22 heavy (non-hydrogen) atoms. The zero-order valence-corrected chi connectivity index (χ0v) is 14.9. The first-order valence-electron chi connectivity index (χ1n) is 6.65. The fraction of sp³-hybridized carbons (Fsp3) is 0.188. The van der Waals surface area contributed by atoms with E-state index in [1.54, 1.807) is 18.2 Å². The molecule has 0 aliphatic heterocycles. The summed E-state index contributed by atoms with van der Waals surface area (Å²) in [5.74, 6) is 0.324. The summed E-state index contributed by atoms with van der Waals surface area (Å²) >= 11 is 15.2. The van der Waals surface area contributed by atoms with Gasteiger partial charge >= 0.3 is 0 Å². The van der Waals surface area contributed by atoms with Gasteiger partial charge in [0.05, 0.1) is 15.2 Å². The van der Waals surface area contributed by atoms with Gasteiger partial charge in [-0.15, -0.1) is 0 Å². The number of carbonyl (C=O) groups excluding carboxylic acids is 1. The highest BCUT2D eigenvalue weighted by Gasteiger charge is 2.09. The van der Waals surface area contributed by atoms with Crippen LogP contribution in [0.4, 0.5) is 5.69 Å². The maximum Gasteiger partial charge on any atom is 0.262 e. The Morgan fingerprint density at radius 1 is 1.23 bits per heavy atom. The number of anilines is 1. The van der Waals surface area contributed by atoms with E-state index in [0.717, 1.165) is 10.9 Å². The number of aryl methyl sites for hydroxylation is 1. The normalized spacial score (nSPS) is 10.4. The van der Waals surface area contributed by atoms with Gasteiger partial charge in [-0.05, 0) is 58.2 Å². The van der Waals surface area contributed by atoms with Gasteiger partial charge < -0.3 is 10.1 Å². The minimum atomic E-state index is -0.296. The minimum absolute atomic E-state index is 0.108. The molecule has 1 amide bonds. The van der Waals surface area contributed by atoms with Gasteiger partial charge in [0.15, 0.2) is 6.61 Å². The van der Waals surface area contributed by atoms with E-state index < -0.39 is 0 Å². The van der Waals surface area contributed by atoms with E-state index in [-0.39, 0.29) is 12.5 Å². The van der Waals surface area contributed by atoms with Gasteiger partial charge in [0, 0.05) is 5.02 Å². The molecule has 0 atom stereocenters. The topological polar surface area (TPSA) is 38.3 Å². The second-order valence-corrected chi connectivity index (χ2v) is 6.28. The number of nitrogens with one attached hydrogen (secondary N) is 1. The number of amides is 1. The number of benzene rings is 2. The van der Waals surface area contributed by atoms with Crippen molar-refractivity contribution in [2.24, 2.45) is 0 Å². The van der Waals surface area contributed by atoms with Crippen LogP contribution in [-0.2, 0) is 11.2 Å². The SMILES string of the molecule is CCc1ccc(OCC(=O)Nc2ccc(Cl)cc2Cl)c(Br)c1. The molecule has 3 nitrogen and oxygen atoms in total. The minimum Gasteiger partial charge on any atom is -0.483 e. The van der Waals surface area contributed by atoms with E-state index in [9.17, 15) is 4.79 Å². The summed E-state index contributed by atoms with van der Waals surface area (Å²) in [6, 6.07) is 10.7. The van der Waals surface area contributed by atoms with E-state index in [4.69, 9.17) is 27.9 Å². The second kappa shape index (κ2) is 7.86. The van der Waals surface area contributed by atoms with Crippen molar-refractivity contribution in [3.63, 3.8) is 0 Å². The lowest BCUT2D eigenvalue weighted by Gasteiger charge is -2.10. The molecule has 116 valence electrons. The predicted molar refractivity (Wildman–Crippen MR) is 94.1 cm³/mol. The Morgan fingerprint density at radius 2 is 2.00 bits per heavy atom. The smallest absolute Gasteiger partial charge is 0.262 e. The number of rotatable bonds is 5. The lowest BCUT2D eigenvalue weighted by atomic mass is 10.2. The van der Waals surface area contributed by atoms with Gasteiger partial charge in [0.1, 0.15) is 5.75 Å². The van der Waals surface area contributed by atoms with Gasteiger partial charge in [-0.1, -0.05) is 36.2 Å². The van der Waals surface area contributed by atoms with E-state index in [1.165, 1.54) is 5.56 Å². The summed E-state index contributed by atoms with van der Waals surface area (Å²) in [5, 5.41) is 3.58. The molecule has 0 fully saturated rings. The zero-order valence-electron chi connectivity index (χ0n) is 11.8. The van der Waals surface area contributed by atoms with Crippen molar-refractivity contribution in [3.05, 3.63) is 56.5 Å². The summed E-state index contributed by atoms with van der Waals surface area (Å²) < 4.78 is 6.33. The number of halogens is 3. The highest BCUT2D eigenvalue weighted by Crippen LogP contribution is 2.27. The third kappa shape index (κ3) is 4.63. The summed E-state index contributed by atoms with van der Waals surface area (Å²) in [4.78, 5) is 11.9. The van der Waals surface area contributed by atoms with Crippen LogP contribution in [0.3, 0.4) is 0 Å². The summed E-state index contributed by atoms with van der Waals surface area (Å²) in [6.45, 7) is 1.97. The fourth-order valence-corrected chi connectivity index (χ4v) is 2.80. The Kier molecular flexibility index (Phi) is 6.12. The molecule has 2 aromatic rings. The number of hydrogen-bond donors (Lipinski definition) is 1. The van der Waals surface area contributed by atoms with Gasteiger partial charge in [0.25, 0.3) is 5.91 Å². The molecular formula is C16H14BrCl2NO2. The van der Waals surface area contributed by atoms with Gasteiger partial charge in [-0.2, -0.15) is 0 Å². The summed E-state index contributed by atoms with van der Waals surface area (Å²) in [6.07, 6.45) is 0.939. The molecule has 0 saturated heterocycles. The van der Waals surface area contributed by atoms with Crippen LogP contribution in [0, 0.1) is 0 Å². The van der Waals surface area contributed by atoms with Crippen LogP contribution in [0.2, 0.25) is 10.0 Å². The lowest BCUT2D eigenvalue weighted by Crippen LogP contribution is -2.20. The molecule has 0 aromatic heterocycles. The molecule has 0 bridgehead atoms. The molecule has 2 rings (SSSR count). The molecule has 0 aliphatic rings. The molecule has 0 heterocycles. The van der Waals surface area contributed by atoms with Crippen molar-refractivity contribution in [2.75, 3.05) is 11.9 Å². The summed E-state index contributed by atoms with van der Waals surface area (Å²) in [7, 11) is 0. The second-order valence-electron chi connectivity index (χ2n) is 4.58. The first-order valence-corrected chi connectivity index (χ1v) is 8.20. The Bertz CT molecular complexity index is 692. The molecule has 2 aromatic carbocycles.